The molecule has 0 aromatic heterocycles. The normalized spacial score (nSPS) is 10.9. The van der Waals surface area contributed by atoms with Gasteiger partial charge in [0.25, 0.3) is 0 Å². The molecule has 0 heterocycles. The maximum absolute atomic E-state index is 13.3. The number of nitrogens with zero attached hydrogens (tertiary/aromatic N) is 3. The summed E-state index contributed by atoms with van der Waals surface area (Å²) < 4.78 is 48.3. The molecule has 5 nitrogen and oxygen atoms in total. The van der Waals surface area contributed by atoms with E-state index in [0.29, 0.717) is 0 Å². The van der Waals surface area contributed by atoms with Crippen LogP contribution in [0.25, 0.3) is 10.4 Å². The summed E-state index contributed by atoms with van der Waals surface area (Å²) in [7, 11) is -3.82. The molecule has 1 aromatic carbocycles. The molecule has 80 valence electrons. The van der Waals surface area contributed by atoms with Gasteiger partial charge in [0, 0.05) is 11.2 Å². The lowest BCUT2D eigenvalue weighted by Crippen LogP contribution is -2.01. The third-order valence-corrected chi connectivity index (χ3v) is 2.69. The lowest BCUT2D eigenvalue weighted by Gasteiger charge is -2.03. The van der Waals surface area contributed by atoms with E-state index in [1.54, 1.807) is 0 Å². The lowest BCUT2D eigenvalue weighted by atomic mass is 10.3. The number of benzene rings is 1. The Morgan fingerprint density at radius 1 is 1.40 bits per heavy atom. The number of hydrogen-bond donors (Lipinski definition) is 0. The van der Waals surface area contributed by atoms with Crippen LogP contribution in [0.5, 0.6) is 0 Å². The molecule has 0 saturated carbocycles. The van der Waals surface area contributed by atoms with Gasteiger partial charge in [0.05, 0.1) is 0 Å². The highest BCUT2D eigenvalue weighted by atomic mass is 32.2. The van der Waals surface area contributed by atoms with Crippen molar-refractivity contribution in [1.29, 1.82) is 0 Å². The van der Waals surface area contributed by atoms with Crippen molar-refractivity contribution in [2.24, 2.45) is 5.11 Å². The van der Waals surface area contributed by atoms with Gasteiger partial charge in [0.2, 0.25) is 0 Å². The zero-order valence-corrected chi connectivity index (χ0v) is 8.29. The fourth-order valence-corrected chi connectivity index (χ4v) is 1.68. The van der Waals surface area contributed by atoms with Gasteiger partial charge in [-0.05, 0) is 17.7 Å². The van der Waals surface area contributed by atoms with Gasteiger partial charge in [0.1, 0.15) is 16.4 Å². The van der Waals surface area contributed by atoms with Gasteiger partial charge in [-0.25, -0.2) is 17.2 Å². The van der Waals surface area contributed by atoms with Crippen molar-refractivity contribution in [3.8, 4) is 0 Å². The molecule has 0 amide bonds. The monoisotopic (exact) mass is 233 g/mol. The molecule has 0 radical (unpaired) electrons. The second-order valence-corrected chi connectivity index (χ2v) is 4.65. The zero-order chi connectivity index (χ0) is 11.6. The van der Waals surface area contributed by atoms with Gasteiger partial charge in [-0.15, -0.1) is 0 Å². The second-order valence-electron chi connectivity index (χ2n) is 2.67. The Bertz CT molecular complexity index is 550. The summed E-state index contributed by atoms with van der Waals surface area (Å²) in [5.74, 6) is -2.49. The molecule has 0 spiro atoms. The third-order valence-electron chi connectivity index (χ3n) is 1.58. The van der Waals surface area contributed by atoms with E-state index in [4.69, 9.17) is 5.53 Å². The van der Waals surface area contributed by atoms with Crippen molar-refractivity contribution in [1.82, 2.24) is 0 Å². The summed E-state index contributed by atoms with van der Waals surface area (Å²) in [4.78, 5) is 1.50. The smallest absolute Gasteiger partial charge is 0.178 e. The van der Waals surface area contributed by atoms with Crippen LogP contribution in [-0.2, 0) is 9.84 Å². The van der Waals surface area contributed by atoms with Gasteiger partial charge in [-0.2, -0.15) is 0 Å². The summed E-state index contributed by atoms with van der Waals surface area (Å²) in [6.45, 7) is 0. The van der Waals surface area contributed by atoms with Gasteiger partial charge in [0.15, 0.2) is 15.7 Å². The average Bonchev–Trinajstić information content (AvgIpc) is 2.09. The molecule has 0 saturated heterocycles. The summed E-state index contributed by atoms with van der Waals surface area (Å²) >= 11 is 0. The molecule has 0 aliphatic rings. The molecule has 0 atom stereocenters. The molecule has 0 N–H and O–H groups in total. The molecular weight excluding hydrogens is 228 g/mol. The van der Waals surface area contributed by atoms with Crippen molar-refractivity contribution in [2.75, 3.05) is 6.26 Å². The van der Waals surface area contributed by atoms with Crippen molar-refractivity contribution < 1.29 is 17.2 Å². The lowest BCUT2D eigenvalue weighted by molar-refractivity contribution is 0.554. The average molecular weight is 233 g/mol. The van der Waals surface area contributed by atoms with E-state index < -0.39 is 32.1 Å². The minimum absolute atomic E-state index is 0.702. The van der Waals surface area contributed by atoms with Crippen molar-refractivity contribution in [3.05, 3.63) is 34.2 Å². The van der Waals surface area contributed by atoms with Crippen LogP contribution in [0.2, 0.25) is 0 Å². The van der Waals surface area contributed by atoms with Crippen LogP contribution in [0, 0.1) is 11.6 Å². The Morgan fingerprint density at radius 3 is 2.47 bits per heavy atom. The van der Waals surface area contributed by atoms with Gasteiger partial charge in [-0.1, -0.05) is 5.11 Å². The molecule has 0 aliphatic heterocycles. The first kappa shape index (κ1) is 11.4. The van der Waals surface area contributed by atoms with Crippen LogP contribution in [0.3, 0.4) is 0 Å². The maximum atomic E-state index is 13.3. The number of azide groups is 1. The predicted molar refractivity (Wildman–Crippen MR) is 48.3 cm³/mol. The minimum atomic E-state index is -3.82. The Morgan fingerprint density at radius 2 is 2.00 bits per heavy atom. The highest BCUT2D eigenvalue weighted by Crippen LogP contribution is 2.27. The summed E-state index contributed by atoms with van der Waals surface area (Å²) in [5.41, 5.74) is 7.09. The van der Waals surface area contributed by atoms with Crippen LogP contribution in [-0.4, -0.2) is 14.7 Å². The quantitative estimate of drug-likeness (QED) is 0.340. The molecular formula is C7H5F2N3O2S. The number of hydrogen-bond acceptors (Lipinski definition) is 3. The molecule has 0 bridgehead atoms. The zero-order valence-electron chi connectivity index (χ0n) is 7.48. The van der Waals surface area contributed by atoms with Crippen LogP contribution in [0.4, 0.5) is 14.5 Å². The molecule has 8 heteroatoms. The summed E-state index contributed by atoms with van der Waals surface area (Å²) in [5, 5.41) is 2.75. The van der Waals surface area contributed by atoms with Crippen LogP contribution >= 0.6 is 0 Å². The van der Waals surface area contributed by atoms with Gasteiger partial charge < -0.3 is 0 Å². The molecule has 0 fully saturated rings. The number of rotatable bonds is 2. The van der Waals surface area contributed by atoms with E-state index in [-0.39, 0.29) is 0 Å². The standard InChI is InChI=1S/C7H5F2N3O2S/c1-15(13,14)5-3-2-4(8)7(6(5)9)11-12-10/h2-3H,1H3. The van der Waals surface area contributed by atoms with Gasteiger partial charge in [-0.3, -0.25) is 0 Å². The number of sulfone groups is 1. The predicted octanol–water partition coefficient (Wildman–Crippen LogP) is 2.31. The van der Waals surface area contributed by atoms with E-state index in [1.807, 2.05) is 0 Å². The fourth-order valence-electron chi connectivity index (χ4n) is 0.945. The Kier molecular flexibility index (Phi) is 2.92. The first-order chi connectivity index (χ1) is 6.88. The van der Waals surface area contributed by atoms with E-state index in [2.05, 4.69) is 10.0 Å². The highest BCUT2D eigenvalue weighted by molar-refractivity contribution is 7.90. The second kappa shape index (κ2) is 3.84. The van der Waals surface area contributed by atoms with Crippen molar-refractivity contribution >= 4 is 15.5 Å². The molecule has 0 unspecified atom stereocenters. The van der Waals surface area contributed by atoms with Crippen molar-refractivity contribution in [2.45, 2.75) is 4.90 Å². The molecule has 0 aliphatic carbocycles. The van der Waals surface area contributed by atoms with Gasteiger partial charge >= 0.3 is 0 Å². The van der Waals surface area contributed by atoms with E-state index >= 15 is 0 Å². The summed E-state index contributed by atoms with van der Waals surface area (Å²) in [6, 6.07) is 1.50. The topological polar surface area (TPSA) is 82.9 Å². The SMILES string of the molecule is CS(=O)(=O)c1ccc(F)c(N=[N+]=[N-])c1F. The van der Waals surface area contributed by atoms with E-state index in [9.17, 15) is 17.2 Å². The van der Waals surface area contributed by atoms with Crippen LogP contribution in [0.1, 0.15) is 0 Å². The van der Waals surface area contributed by atoms with E-state index in [1.165, 1.54) is 0 Å². The Labute approximate surface area is 83.9 Å². The minimum Gasteiger partial charge on any atom is -0.224 e. The number of halogens is 2. The summed E-state index contributed by atoms with van der Waals surface area (Å²) in [6.07, 6.45) is 0.767. The van der Waals surface area contributed by atoms with Crippen LogP contribution < -0.4 is 0 Å². The molecule has 1 aromatic rings. The highest BCUT2D eigenvalue weighted by Gasteiger charge is 2.19. The van der Waals surface area contributed by atoms with Crippen LogP contribution in [0.15, 0.2) is 22.1 Å². The van der Waals surface area contributed by atoms with E-state index in [0.717, 1.165) is 18.4 Å². The first-order valence-electron chi connectivity index (χ1n) is 3.61. The van der Waals surface area contributed by atoms with Crippen molar-refractivity contribution in [3.63, 3.8) is 0 Å². The molecule has 15 heavy (non-hydrogen) atoms. The maximum Gasteiger partial charge on any atom is 0.178 e. The third kappa shape index (κ3) is 2.23. The first-order valence-corrected chi connectivity index (χ1v) is 5.50. The molecule has 1 rings (SSSR count). The largest absolute Gasteiger partial charge is 0.224 e. The fraction of sp³-hybridized carbons (Fsp3) is 0.143. The Hall–Kier alpha value is -1.66. The Balaban J connectivity index is 3.63.